The molecule has 0 amide bonds. The van der Waals surface area contributed by atoms with Gasteiger partial charge in [0.15, 0.2) is 0 Å². The van der Waals surface area contributed by atoms with Crippen LogP contribution in [0.15, 0.2) is 0 Å². The molecule has 0 aromatic heterocycles. The van der Waals surface area contributed by atoms with Crippen molar-refractivity contribution in [1.29, 1.82) is 0 Å². The summed E-state index contributed by atoms with van der Waals surface area (Å²) in [7, 11) is 1.65. The van der Waals surface area contributed by atoms with Gasteiger partial charge in [-0.25, -0.2) is 4.39 Å². The Morgan fingerprint density at radius 1 is 1.62 bits per heavy atom. The largest absolute Gasteiger partial charge is 0.383 e. The molecule has 16 heavy (non-hydrogen) atoms. The van der Waals surface area contributed by atoms with E-state index in [1.54, 1.807) is 7.11 Å². The third-order valence-electron chi connectivity index (χ3n) is 4.00. The molecule has 0 radical (unpaired) electrons. The highest BCUT2D eigenvalue weighted by Gasteiger charge is 2.54. The summed E-state index contributed by atoms with van der Waals surface area (Å²) >= 11 is 0. The lowest BCUT2D eigenvalue weighted by atomic mass is 9.94. The Kier molecular flexibility index (Phi) is 3.31. The number of nitrogens with zero attached hydrogens (tertiary/aromatic N) is 1. The molecule has 4 heteroatoms. The number of ketones is 1. The van der Waals surface area contributed by atoms with Crippen molar-refractivity contribution in [3.8, 4) is 0 Å². The molecule has 3 atom stereocenters. The second kappa shape index (κ2) is 4.41. The van der Waals surface area contributed by atoms with Crippen molar-refractivity contribution in [2.75, 3.05) is 20.3 Å². The minimum Gasteiger partial charge on any atom is -0.383 e. The van der Waals surface area contributed by atoms with Crippen molar-refractivity contribution in [2.24, 2.45) is 0 Å². The van der Waals surface area contributed by atoms with Crippen LogP contribution in [0, 0.1) is 0 Å². The van der Waals surface area contributed by atoms with Gasteiger partial charge in [0.2, 0.25) is 0 Å². The van der Waals surface area contributed by atoms with Gasteiger partial charge in [0.25, 0.3) is 0 Å². The van der Waals surface area contributed by atoms with Gasteiger partial charge in [-0.15, -0.1) is 0 Å². The number of hydrogen-bond donors (Lipinski definition) is 0. The number of ether oxygens (including phenoxy) is 1. The molecule has 0 saturated carbocycles. The number of carbonyl (C=O) groups excluding carboxylic acids is 1. The van der Waals surface area contributed by atoms with Crippen molar-refractivity contribution in [1.82, 2.24) is 4.90 Å². The molecular formula is C12H20FNO2. The number of rotatable bonds is 4. The Morgan fingerprint density at radius 3 is 3.00 bits per heavy atom. The molecule has 0 N–H and O–H groups in total. The SMILES string of the molecule is CCC(=O)C1CCC2(COC)CC(F)CN12. The van der Waals surface area contributed by atoms with Gasteiger partial charge in [0.05, 0.1) is 12.6 Å². The summed E-state index contributed by atoms with van der Waals surface area (Å²) in [6.45, 7) is 2.82. The zero-order valence-corrected chi connectivity index (χ0v) is 10.0. The number of hydrogen-bond acceptors (Lipinski definition) is 3. The van der Waals surface area contributed by atoms with Crippen LogP contribution in [0.3, 0.4) is 0 Å². The maximum absolute atomic E-state index is 13.5. The average molecular weight is 229 g/mol. The zero-order chi connectivity index (χ0) is 11.8. The molecule has 2 fully saturated rings. The standard InChI is InChI=1S/C12H20FNO2/c1-3-11(15)10-4-5-12(8-16-2)6-9(13)7-14(10)12/h9-10H,3-8H2,1-2H3. The number of Topliss-reactive ketones (excluding diaryl/α,β-unsaturated/α-hetero) is 1. The van der Waals surface area contributed by atoms with Gasteiger partial charge in [0.1, 0.15) is 12.0 Å². The Morgan fingerprint density at radius 2 is 2.38 bits per heavy atom. The molecule has 2 saturated heterocycles. The highest BCUT2D eigenvalue weighted by Crippen LogP contribution is 2.43. The van der Waals surface area contributed by atoms with Crippen LogP contribution in [0.5, 0.6) is 0 Å². The molecule has 3 unspecified atom stereocenters. The third kappa shape index (κ3) is 1.78. The van der Waals surface area contributed by atoms with Crippen molar-refractivity contribution in [3.63, 3.8) is 0 Å². The summed E-state index contributed by atoms with van der Waals surface area (Å²) < 4.78 is 18.8. The van der Waals surface area contributed by atoms with Gasteiger partial charge < -0.3 is 4.74 Å². The van der Waals surface area contributed by atoms with E-state index in [0.717, 1.165) is 12.8 Å². The molecular weight excluding hydrogens is 209 g/mol. The summed E-state index contributed by atoms with van der Waals surface area (Å²) in [6.07, 6.45) is 2.01. The fourth-order valence-electron chi connectivity index (χ4n) is 3.32. The minimum absolute atomic E-state index is 0.0686. The fourth-order valence-corrected chi connectivity index (χ4v) is 3.32. The third-order valence-corrected chi connectivity index (χ3v) is 4.00. The molecule has 0 spiro atoms. The van der Waals surface area contributed by atoms with Gasteiger partial charge >= 0.3 is 0 Å². The zero-order valence-electron chi connectivity index (χ0n) is 10.0. The van der Waals surface area contributed by atoms with E-state index >= 15 is 0 Å². The van der Waals surface area contributed by atoms with E-state index < -0.39 is 6.17 Å². The maximum atomic E-state index is 13.5. The monoisotopic (exact) mass is 229 g/mol. The summed E-state index contributed by atoms with van der Waals surface area (Å²) in [5.74, 6) is 0.243. The topological polar surface area (TPSA) is 29.5 Å². The lowest BCUT2D eigenvalue weighted by Gasteiger charge is -2.33. The van der Waals surface area contributed by atoms with Gasteiger partial charge in [0, 0.05) is 32.0 Å². The Balaban J connectivity index is 2.16. The lowest BCUT2D eigenvalue weighted by molar-refractivity contribution is -0.124. The second-order valence-electron chi connectivity index (χ2n) is 4.99. The molecule has 92 valence electrons. The van der Waals surface area contributed by atoms with Crippen LogP contribution in [-0.4, -0.2) is 48.7 Å². The first kappa shape index (κ1) is 12.0. The molecule has 2 rings (SSSR count). The molecule has 0 aliphatic carbocycles. The highest BCUT2D eigenvalue weighted by atomic mass is 19.1. The van der Waals surface area contributed by atoms with Gasteiger partial charge in [-0.05, 0) is 12.8 Å². The number of fused-ring (bicyclic) bond motifs is 1. The second-order valence-corrected chi connectivity index (χ2v) is 4.99. The average Bonchev–Trinajstić information content (AvgIpc) is 2.71. The number of alkyl halides is 1. The van der Waals surface area contributed by atoms with Crippen molar-refractivity contribution >= 4 is 5.78 Å². The van der Waals surface area contributed by atoms with Crippen LogP contribution in [-0.2, 0) is 9.53 Å². The molecule has 2 aliphatic rings. The van der Waals surface area contributed by atoms with Crippen molar-refractivity contribution < 1.29 is 13.9 Å². The van der Waals surface area contributed by atoms with E-state index in [1.807, 2.05) is 6.92 Å². The minimum atomic E-state index is -0.803. The van der Waals surface area contributed by atoms with Gasteiger partial charge in [-0.1, -0.05) is 6.92 Å². The van der Waals surface area contributed by atoms with Crippen LogP contribution in [0.4, 0.5) is 4.39 Å². The van der Waals surface area contributed by atoms with Crippen LogP contribution in [0.2, 0.25) is 0 Å². The molecule has 2 aliphatic heterocycles. The molecule has 2 heterocycles. The predicted molar refractivity (Wildman–Crippen MR) is 59.1 cm³/mol. The summed E-state index contributed by atoms with van der Waals surface area (Å²) in [6, 6.07) is -0.0686. The molecule has 0 bridgehead atoms. The number of carbonyl (C=O) groups is 1. The predicted octanol–water partition coefficient (Wildman–Crippen LogP) is 1.56. The van der Waals surface area contributed by atoms with E-state index in [1.165, 1.54) is 0 Å². The van der Waals surface area contributed by atoms with E-state index in [0.29, 0.717) is 26.0 Å². The van der Waals surface area contributed by atoms with E-state index in [-0.39, 0.29) is 17.4 Å². The van der Waals surface area contributed by atoms with Crippen LogP contribution < -0.4 is 0 Å². The first-order chi connectivity index (χ1) is 7.63. The normalized spacial score (nSPS) is 38.9. The Bertz CT molecular complexity index is 284. The van der Waals surface area contributed by atoms with Crippen LogP contribution in [0.25, 0.3) is 0 Å². The number of halogens is 1. The molecule has 0 aromatic carbocycles. The van der Waals surface area contributed by atoms with Crippen molar-refractivity contribution in [3.05, 3.63) is 0 Å². The Labute approximate surface area is 95.9 Å². The van der Waals surface area contributed by atoms with Crippen molar-refractivity contribution in [2.45, 2.75) is 50.4 Å². The first-order valence-corrected chi connectivity index (χ1v) is 6.05. The van der Waals surface area contributed by atoms with Crippen LogP contribution in [0.1, 0.15) is 32.6 Å². The fraction of sp³-hybridized carbons (Fsp3) is 0.917. The molecule has 3 nitrogen and oxygen atoms in total. The van der Waals surface area contributed by atoms with E-state index in [2.05, 4.69) is 4.90 Å². The smallest absolute Gasteiger partial charge is 0.149 e. The summed E-state index contributed by atoms with van der Waals surface area (Å²) in [4.78, 5) is 13.9. The van der Waals surface area contributed by atoms with Gasteiger partial charge in [-0.3, -0.25) is 9.69 Å². The Hall–Kier alpha value is -0.480. The lowest BCUT2D eigenvalue weighted by Crippen LogP contribution is -2.47. The van der Waals surface area contributed by atoms with Crippen LogP contribution >= 0.6 is 0 Å². The quantitative estimate of drug-likeness (QED) is 0.732. The van der Waals surface area contributed by atoms with Gasteiger partial charge in [-0.2, -0.15) is 0 Å². The highest BCUT2D eigenvalue weighted by molar-refractivity contribution is 5.84. The first-order valence-electron chi connectivity index (χ1n) is 6.05. The summed E-state index contributed by atoms with van der Waals surface area (Å²) in [5, 5.41) is 0. The summed E-state index contributed by atoms with van der Waals surface area (Å²) in [5.41, 5.74) is -0.205. The number of methoxy groups -OCH3 is 1. The van der Waals surface area contributed by atoms with E-state index in [4.69, 9.17) is 4.74 Å². The van der Waals surface area contributed by atoms with E-state index in [9.17, 15) is 9.18 Å². The maximum Gasteiger partial charge on any atom is 0.149 e. The molecule has 0 aromatic rings.